The van der Waals surface area contributed by atoms with Crippen LogP contribution in [0.3, 0.4) is 0 Å². The van der Waals surface area contributed by atoms with Gasteiger partial charge in [-0.25, -0.2) is 0 Å². The number of rotatable bonds is 8. The number of thiol groups is 2. The van der Waals surface area contributed by atoms with Crippen LogP contribution < -0.4 is 9.80 Å². The van der Waals surface area contributed by atoms with Crippen LogP contribution >= 0.6 is 49.7 Å². The molecule has 0 aliphatic heterocycles. The molecule has 7 heteroatoms. The molecule has 4 rings (SSSR count). The molecule has 2 nitrogen and oxygen atoms in total. The molecule has 0 spiro atoms. The Bertz CT molecular complexity index is 1210. The number of benzene rings is 4. The summed E-state index contributed by atoms with van der Waals surface area (Å²) in [6, 6.07) is 36.8. The SMILES string of the molecule is CN(C)c1ccc(C(S)C(=S)c2ccccc2)cc1.CN(C)c1ccc(C(S)C(=S)c2ccccc2)cc1.[Ni]. The summed E-state index contributed by atoms with van der Waals surface area (Å²) in [6.45, 7) is 0. The van der Waals surface area contributed by atoms with Gasteiger partial charge in [-0.2, -0.15) is 25.3 Å². The van der Waals surface area contributed by atoms with E-state index in [2.05, 4.69) is 83.6 Å². The van der Waals surface area contributed by atoms with Crippen molar-refractivity contribution in [1.82, 2.24) is 0 Å². The van der Waals surface area contributed by atoms with Crippen LogP contribution in [0.1, 0.15) is 32.8 Å². The fraction of sp³-hybridized carbons (Fsp3) is 0.188. The summed E-state index contributed by atoms with van der Waals surface area (Å²) in [5.74, 6) is 0. The molecule has 0 bridgehead atoms. The summed E-state index contributed by atoms with van der Waals surface area (Å²) in [4.78, 5) is 5.88. The molecule has 0 saturated heterocycles. The standard InChI is InChI=1S/2C16H17NS2.Ni/c2*1-17(2)14-10-8-13(9-11-14)16(19)15(18)12-6-4-3-5-7-12;/h2*3-11,16,19H,1-2H3;. The molecule has 0 amide bonds. The Morgan fingerprint density at radius 2 is 0.795 bits per heavy atom. The van der Waals surface area contributed by atoms with E-state index in [0.29, 0.717) is 0 Å². The first-order valence-electron chi connectivity index (χ1n) is 12.3. The van der Waals surface area contributed by atoms with Gasteiger partial charge in [-0.1, -0.05) is 109 Å². The van der Waals surface area contributed by atoms with Gasteiger partial charge in [0.2, 0.25) is 0 Å². The Hall–Kier alpha value is -2.15. The molecule has 0 aliphatic rings. The second-order valence-electron chi connectivity index (χ2n) is 9.24. The summed E-state index contributed by atoms with van der Waals surface area (Å²) in [7, 11) is 8.12. The van der Waals surface area contributed by atoms with Crippen molar-refractivity contribution in [3.8, 4) is 0 Å². The van der Waals surface area contributed by atoms with E-state index in [9.17, 15) is 0 Å². The molecule has 0 saturated carbocycles. The largest absolute Gasteiger partial charge is 0.378 e. The smallest absolute Gasteiger partial charge is 0.0624 e. The van der Waals surface area contributed by atoms with Gasteiger partial charge in [0.25, 0.3) is 0 Å². The van der Waals surface area contributed by atoms with Gasteiger partial charge in [0.05, 0.1) is 10.5 Å². The zero-order valence-corrected chi connectivity index (χ0v) is 26.9. The van der Waals surface area contributed by atoms with E-state index in [1.54, 1.807) is 0 Å². The summed E-state index contributed by atoms with van der Waals surface area (Å²) in [5, 5.41) is -0.0952. The van der Waals surface area contributed by atoms with Gasteiger partial charge in [-0.3, -0.25) is 0 Å². The van der Waals surface area contributed by atoms with Crippen molar-refractivity contribution < 1.29 is 16.5 Å². The molecule has 0 fully saturated rings. The molecule has 0 heterocycles. The predicted molar refractivity (Wildman–Crippen MR) is 181 cm³/mol. The molecule has 0 aromatic heterocycles. The average molecular weight is 634 g/mol. The molecule has 0 N–H and O–H groups in total. The number of anilines is 2. The Morgan fingerprint density at radius 3 is 1.05 bits per heavy atom. The number of nitrogens with zero attached hydrogens (tertiary/aromatic N) is 2. The predicted octanol–water partition coefficient (Wildman–Crippen LogP) is 8.28. The van der Waals surface area contributed by atoms with E-state index in [-0.39, 0.29) is 27.0 Å². The Labute approximate surface area is 265 Å². The minimum absolute atomic E-state index is 0. The van der Waals surface area contributed by atoms with Crippen LogP contribution in [0.5, 0.6) is 0 Å². The third kappa shape index (κ3) is 9.48. The van der Waals surface area contributed by atoms with Gasteiger partial charge >= 0.3 is 0 Å². The topological polar surface area (TPSA) is 6.48 Å². The van der Waals surface area contributed by atoms with Crippen molar-refractivity contribution in [2.75, 3.05) is 38.0 Å². The van der Waals surface area contributed by atoms with Crippen LogP contribution in [0.15, 0.2) is 109 Å². The summed E-state index contributed by atoms with van der Waals surface area (Å²) in [6.07, 6.45) is 0. The van der Waals surface area contributed by atoms with Crippen LogP contribution in [0.25, 0.3) is 0 Å². The van der Waals surface area contributed by atoms with Crippen molar-refractivity contribution in [3.63, 3.8) is 0 Å². The van der Waals surface area contributed by atoms with Crippen LogP contribution in [-0.2, 0) is 16.5 Å². The quantitative estimate of drug-likeness (QED) is 0.0873. The summed E-state index contributed by atoms with van der Waals surface area (Å²) < 4.78 is 0. The second kappa shape index (κ2) is 16.2. The fourth-order valence-corrected chi connectivity index (χ4v) is 4.92. The maximum absolute atomic E-state index is 5.52. The van der Waals surface area contributed by atoms with Crippen molar-refractivity contribution >= 4 is 70.8 Å². The first-order valence-corrected chi connectivity index (χ1v) is 14.1. The minimum atomic E-state index is -0.0476. The zero-order chi connectivity index (χ0) is 27.7. The summed E-state index contributed by atoms with van der Waals surface area (Å²) >= 11 is 20.4. The van der Waals surface area contributed by atoms with E-state index in [4.69, 9.17) is 24.4 Å². The summed E-state index contributed by atoms with van der Waals surface area (Å²) in [5.41, 5.74) is 6.73. The van der Waals surface area contributed by atoms with Crippen molar-refractivity contribution in [1.29, 1.82) is 0 Å². The van der Waals surface area contributed by atoms with Crippen LogP contribution in [-0.4, -0.2) is 37.9 Å². The van der Waals surface area contributed by atoms with Crippen molar-refractivity contribution in [3.05, 3.63) is 131 Å². The van der Waals surface area contributed by atoms with Gasteiger partial charge < -0.3 is 9.80 Å². The normalized spacial score (nSPS) is 11.6. The van der Waals surface area contributed by atoms with Gasteiger partial charge in [0.15, 0.2) is 0 Å². The van der Waals surface area contributed by atoms with Crippen LogP contribution in [0, 0.1) is 0 Å². The molecule has 0 radical (unpaired) electrons. The minimum Gasteiger partial charge on any atom is -0.378 e. The van der Waals surface area contributed by atoms with Crippen molar-refractivity contribution in [2.45, 2.75) is 10.5 Å². The zero-order valence-electron chi connectivity index (χ0n) is 22.5. The van der Waals surface area contributed by atoms with E-state index < -0.39 is 0 Å². The van der Waals surface area contributed by atoms with Gasteiger partial charge in [0.1, 0.15) is 0 Å². The third-order valence-corrected chi connectivity index (χ3v) is 8.47. The molecule has 2 atom stereocenters. The number of hydrogen-bond acceptors (Lipinski definition) is 6. The van der Waals surface area contributed by atoms with E-state index in [1.807, 2.05) is 88.9 Å². The molecule has 4 aromatic rings. The van der Waals surface area contributed by atoms with Crippen LogP contribution in [0.2, 0.25) is 0 Å². The second-order valence-corrected chi connectivity index (χ2v) is 11.1. The maximum Gasteiger partial charge on any atom is 0.0624 e. The Kier molecular flexibility index (Phi) is 13.7. The Morgan fingerprint density at radius 1 is 0.513 bits per heavy atom. The van der Waals surface area contributed by atoms with E-state index >= 15 is 0 Å². The third-order valence-electron chi connectivity index (χ3n) is 6.06. The first kappa shape index (κ1) is 33.1. The molecule has 39 heavy (non-hydrogen) atoms. The molecule has 4 aromatic carbocycles. The van der Waals surface area contributed by atoms with Crippen LogP contribution in [0.4, 0.5) is 11.4 Å². The molecule has 206 valence electrons. The van der Waals surface area contributed by atoms with Gasteiger partial charge in [-0.05, 0) is 46.5 Å². The monoisotopic (exact) mass is 632 g/mol. The first-order chi connectivity index (χ1) is 18.2. The van der Waals surface area contributed by atoms with E-state index in [1.165, 1.54) is 11.4 Å². The van der Waals surface area contributed by atoms with Gasteiger partial charge in [-0.15, -0.1) is 0 Å². The average Bonchev–Trinajstić information content (AvgIpc) is 2.97. The number of hydrogen-bond donors (Lipinski definition) is 2. The number of thiocarbonyl (C=S) groups is 2. The van der Waals surface area contributed by atoms with Gasteiger partial charge in [0, 0.05) is 65.8 Å². The molecular formula is C32H34N2NiS4. The van der Waals surface area contributed by atoms with E-state index in [0.717, 1.165) is 32.0 Å². The molecule has 2 unspecified atom stereocenters. The maximum atomic E-state index is 5.52. The Balaban J connectivity index is 0.000000267. The molecule has 0 aliphatic carbocycles. The molecular weight excluding hydrogens is 599 g/mol. The van der Waals surface area contributed by atoms with Crippen molar-refractivity contribution in [2.24, 2.45) is 0 Å². The fourth-order valence-electron chi connectivity index (χ4n) is 3.73.